The summed E-state index contributed by atoms with van der Waals surface area (Å²) >= 11 is 0. The van der Waals surface area contributed by atoms with E-state index in [0.717, 1.165) is 116 Å². The summed E-state index contributed by atoms with van der Waals surface area (Å²) in [5, 5.41) is 10.6. The van der Waals surface area contributed by atoms with Crippen LogP contribution in [0.1, 0.15) is 368 Å². The van der Waals surface area contributed by atoms with Gasteiger partial charge in [-0.2, -0.15) is 0 Å². The molecule has 0 radical (unpaired) electrons. The van der Waals surface area contributed by atoms with Crippen molar-refractivity contribution in [2.75, 3.05) is 39.6 Å². The highest BCUT2D eigenvalue weighted by Crippen LogP contribution is 2.45. The Kier molecular flexibility index (Phi) is 66.3. The Balaban J connectivity index is 5.13. The minimum atomic E-state index is -4.96. The molecule has 0 spiro atoms. The van der Waals surface area contributed by atoms with Crippen LogP contribution in [0.3, 0.4) is 0 Å². The van der Waals surface area contributed by atoms with Crippen molar-refractivity contribution in [3.8, 4) is 0 Å². The lowest BCUT2D eigenvalue weighted by Crippen LogP contribution is -2.30. The molecule has 0 aliphatic heterocycles. The first-order valence-electron chi connectivity index (χ1n) is 38.1. The summed E-state index contributed by atoms with van der Waals surface area (Å²) in [6, 6.07) is 0. The number of hydrogen-bond acceptors (Lipinski definition) is 15. The molecule has 17 nitrogen and oxygen atoms in total. The van der Waals surface area contributed by atoms with Crippen LogP contribution in [-0.2, 0) is 65.4 Å². The monoisotopic (exact) mass is 1360 g/mol. The lowest BCUT2D eigenvalue weighted by Gasteiger charge is -2.21. The number of esters is 4. The fourth-order valence-corrected chi connectivity index (χ4v) is 12.4. The van der Waals surface area contributed by atoms with Crippen LogP contribution in [0.5, 0.6) is 0 Å². The normalized spacial score (nSPS) is 14.1. The largest absolute Gasteiger partial charge is 0.472 e. The Morgan fingerprint density at radius 1 is 0.301 bits per heavy atom. The van der Waals surface area contributed by atoms with E-state index in [1.165, 1.54) is 173 Å². The Hall–Kier alpha value is -2.46. The van der Waals surface area contributed by atoms with E-state index in [1.807, 2.05) is 0 Å². The number of allylic oxidation sites excluding steroid dienone is 4. The average Bonchev–Trinajstić information content (AvgIpc) is 2.46. The highest BCUT2D eigenvalue weighted by Gasteiger charge is 2.30. The van der Waals surface area contributed by atoms with Gasteiger partial charge in [-0.3, -0.25) is 37.3 Å². The van der Waals surface area contributed by atoms with Crippen molar-refractivity contribution < 1.29 is 80.2 Å². The summed E-state index contributed by atoms with van der Waals surface area (Å²) in [6.07, 6.45) is 61.0. The molecule has 5 atom stereocenters. The molecule has 19 heteroatoms. The Morgan fingerprint density at radius 3 is 0.785 bits per heavy atom. The molecule has 0 bridgehead atoms. The lowest BCUT2D eigenvalue weighted by atomic mass is 10.0. The fourth-order valence-electron chi connectivity index (χ4n) is 10.9. The number of carbonyl (C=O) groups is 4. The molecule has 0 saturated carbocycles. The molecule has 93 heavy (non-hydrogen) atoms. The topological polar surface area (TPSA) is 237 Å². The van der Waals surface area contributed by atoms with Gasteiger partial charge in [-0.15, -0.1) is 0 Å². The van der Waals surface area contributed by atoms with Crippen molar-refractivity contribution in [2.45, 2.75) is 386 Å². The van der Waals surface area contributed by atoms with E-state index in [-0.39, 0.29) is 25.7 Å². The van der Waals surface area contributed by atoms with Gasteiger partial charge in [0.2, 0.25) is 0 Å². The molecule has 0 aromatic carbocycles. The highest BCUT2D eigenvalue weighted by molar-refractivity contribution is 7.47. The summed E-state index contributed by atoms with van der Waals surface area (Å²) in [5.41, 5.74) is 0. The van der Waals surface area contributed by atoms with Crippen LogP contribution in [0, 0.1) is 0 Å². The zero-order valence-electron chi connectivity index (χ0n) is 59.7. The van der Waals surface area contributed by atoms with Gasteiger partial charge in [0, 0.05) is 25.7 Å². The third-order valence-corrected chi connectivity index (χ3v) is 18.6. The molecule has 0 aromatic rings. The van der Waals surface area contributed by atoms with Gasteiger partial charge < -0.3 is 33.8 Å². The average molecular weight is 1360 g/mol. The maximum Gasteiger partial charge on any atom is 0.472 e. The second kappa shape index (κ2) is 68.1. The zero-order chi connectivity index (χ0) is 68.2. The van der Waals surface area contributed by atoms with Gasteiger partial charge in [-0.1, -0.05) is 315 Å². The maximum absolute atomic E-state index is 13.1. The van der Waals surface area contributed by atoms with Crippen LogP contribution in [0.25, 0.3) is 0 Å². The van der Waals surface area contributed by atoms with Crippen LogP contribution in [-0.4, -0.2) is 96.7 Å². The minimum absolute atomic E-state index is 0.102. The Morgan fingerprint density at radius 2 is 0.516 bits per heavy atom. The second-order valence-electron chi connectivity index (χ2n) is 26.0. The third kappa shape index (κ3) is 67.9. The van der Waals surface area contributed by atoms with Gasteiger partial charge in [-0.25, -0.2) is 9.13 Å². The van der Waals surface area contributed by atoms with Gasteiger partial charge in [-0.05, 0) is 51.4 Å². The van der Waals surface area contributed by atoms with Crippen molar-refractivity contribution in [3.05, 3.63) is 24.3 Å². The minimum Gasteiger partial charge on any atom is -0.462 e. The van der Waals surface area contributed by atoms with E-state index < -0.39 is 97.5 Å². The molecule has 0 aliphatic rings. The van der Waals surface area contributed by atoms with Crippen molar-refractivity contribution in [1.82, 2.24) is 0 Å². The van der Waals surface area contributed by atoms with Crippen LogP contribution in [0.15, 0.2) is 24.3 Å². The van der Waals surface area contributed by atoms with Gasteiger partial charge in [0.1, 0.15) is 19.3 Å². The number of phosphoric acid groups is 2. The number of unbranched alkanes of at least 4 members (excludes halogenated alkanes) is 44. The van der Waals surface area contributed by atoms with Crippen LogP contribution in [0.2, 0.25) is 0 Å². The SMILES string of the molecule is CCCCCC/C=C\C=C/CCCCCCCC(=O)OC[C@H](COP(=O)(O)OC[C@@H](O)COP(=O)(O)OC[C@@H](COC(=O)CCCCCCC)OC(=O)CCCCCCCCCCCCC)OC(=O)CCCCCCCCCCCCCCCCCCCCCCCC. The summed E-state index contributed by atoms with van der Waals surface area (Å²) in [5.74, 6) is -2.16. The van der Waals surface area contributed by atoms with E-state index in [1.54, 1.807) is 0 Å². The predicted molar refractivity (Wildman–Crippen MR) is 377 cm³/mol. The molecular formula is C74H140O17P2. The van der Waals surface area contributed by atoms with Crippen LogP contribution >= 0.6 is 15.6 Å². The molecule has 2 unspecified atom stereocenters. The number of rotatable bonds is 73. The number of aliphatic hydroxyl groups excluding tert-OH is 1. The standard InChI is InChI=1S/C74H140O17P2/c1-5-9-13-17-20-23-26-28-30-31-32-33-34-35-36-38-40-43-46-49-53-57-61-74(79)91-70(65-85-72(77)59-55-51-47-44-42-39-37-29-27-24-21-18-14-10-6-2)67-89-93(82,83)87-63-68(75)62-86-92(80,81)88-66-69(64-84-71(76)58-54-50-16-12-8-4)90-73(78)60-56-52-48-45-41-25-22-19-15-11-7-3/h24,27,29,37,68-70,75H,5-23,25-26,28,30-36,38-67H2,1-4H3,(H,80,81)(H,82,83)/b27-24-,37-29-/t68-,69+,70+/m0/s1. The smallest absolute Gasteiger partial charge is 0.462 e. The van der Waals surface area contributed by atoms with E-state index in [0.29, 0.717) is 25.7 Å². The van der Waals surface area contributed by atoms with Gasteiger partial charge in [0.15, 0.2) is 12.2 Å². The molecule has 0 fully saturated rings. The number of aliphatic hydroxyl groups is 1. The van der Waals surface area contributed by atoms with E-state index >= 15 is 0 Å². The van der Waals surface area contributed by atoms with Crippen molar-refractivity contribution in [3.63, 3.8) is 0 Å². The van der Waals surface area contributed by atoms with Gasteiger partial charge in [0.25, 0.3) is 0 Å². The first-order valence-corrected chi connectivity index (χ1v) is 41.1. The number of carbonyl (C=O) groups excluding carboxylic acids is 4. The summed E-state index contributed by atoms with van der Waals surface area (Å²) in [7, 11) is -9.90. The molecule has 548 valence electrons. The summed E-state index contributed by atoms with van der Waals surface area (Å²) in [4.78, 5) is 72.3. The predicted octanol–water partition coefficient (Wildman–Crippen LogP) is 21.4. The summed E-state index contributed by atoms with van der Waals surface area (Å²) < 4.78 is 68.1. The molecule has 0 rings (SSSR count). The first-order chi connectivity index (χ1) is 45.2. The Bertz CT molecular complexity index is 1870. The molecule has 0 aliphatic carbocycles. The number of hydrogen-bond donors (Lipinski definition) is 3. The first kappa shape index (κ1) is 90.5. The quantitative estimate of drug-likeness (QED) is 0.0169. The van der Waals surface area contributed by atoms with E-state index in [9.17, 15) is 43.2 Å². The highest BCUT2D eigenvalue weighted by atomic mass is 31.2. The molecular weight excluding hydrogens is 1220 g/mol. The number of phosphoric ester groups is 2. The molecule has 3 N–H and O–H groups in total. The maximum atomic E-state index is 13.1. The molecule has 0 aromatic heterocycles. The van der Waals surface area contributed by atoms with E-state index in [2.05, 4.69) is 52.0 Å². The summed E-state index contributed by atoms with van der Waals surface area (Å²) in [6.45, 7) is 4.80. The second-order valence-corrected chi connectivity index (χ2v) is 28.9. The van der Waals surface area contributed by atoms with E-state index in [4.69, 9.17) is 37.0 Å². The molecule has 0 saturated heterocycles. The lowest BCUT2D eigenvalue weighted by molar-refractivity contribution is -0.161. The van der Waals surface area contributed by atoms with Gasteiger partial charge in [0.05, 0.1) is 26.4 Å². The van der Waals surface area contributed by atoms with Crippen molar-refractivity contribution in [1.29, 1.82) is 0 Å². The van der Waals surface area contributed by atoms with Crippen molar-refractivity contribution >= 4 is 39.5 Å². The zero-order valence-corrected chi connectivity index (χ0v) is 61.5. The fraction of sp³-hybridized carbons (Fsp3) is 0.892. The molecule has 0 amide bonds. The third-order valence-electron chi connectivity index (χ3n) is 16.7. The molecule has 0 heterocycles. The van der Waals surface area contributed by atoms with Crippen LogP contribution in [0.4, 0.5) is 0 Å². The van der Waals surface area contributed by atoms with Gasteiger partial charge >= 0.3 is 39.5 Å². The Labute approximate surface area is 567 Å². The van der Waals surface area contributed by atoms with Crippen molar-refractivity contribution in [2.24, 2.45) is 0 Å². The number of ether oxygens (including phenoxy) is 4. The van der Waals surface area contributed by atoms with Crippen LogP contribution < -0.4 is 0 Å².